The van der Waals surface area contributed by atoms with Gasteiger partial charge in [-0.25, -0.2) is 4.79 Å². The highest BCUT2D eigenvalue weighted by Gasteiger charge is 2.44. The van der Waals surface area contributed by atoms with Gasteiger partial charge in [0.2, 0.25) is 0 Å². The van der Waals surface area contributed by atoms with Gasteiger partial charge in [0.25, 0.3) is 0 Å². The summed E-state index contributed by atoms with van der Waals surface area (Å²) in [5.74, 6) is -1.06. The minimum absolute atomic E-state index is 0.308. The van der Waals surface area contributed by atoms with Crippen LogP contribution in [0.3, 0.4) is 0 Å². The molecule has 2 unspecified atom stereocenters. The third-order valence-corrected chi connectivity index (χ3v) is 3.98. The van der Waals surface area contributed by atoms with Gasteiger partial charge in [0.1, 0.15) is 12.2 Å². The maximum absolute atomic E-state index is 11.9. The second-order valence-electron chi connectivity index (χ2n) is 5.88. The van der Waals surface area contributed by atoms with Gasteiger partial charge in [0, 0.05) is 18.9 Å². The van der Waals surface area contributed by atoms with Crippen LogP contribution in [0.1, 0.15) is 40.0 Å². The fraction of sp³-hybridized carbons (Fsp3) is 0.529. The van der Waals surface area contributed by atoms with Gasteiger partial charge in [0.15, 0.2) is 0 Å². The number of carbonyl (C=O) groups is 2. The maximum Gasteiger partial charge on any atom is 0.334 e. The first-order valence-electron chi connectivity index (χ1n) is 7.28. The van der Waals surface area contributed by atoms with Crippen molar-refractivity contribution in [2.45, 2.75) is 52.2 Å². The van der Waals surface area contributed by atoms with Crippen LogP contribution in [0, 0.1) is 5.92 Å². The lowest BCUT2D eigenvalue weighted by molar-refractivity contribution is -0.147. The number of allylic oxidation sites excluding steroid dienone is 2. The van der Waals surface area contributed by atoms with E-state index in [1.807, 2.05) is 19.9 Å². The number of rotatable bonds is 1. The van der Waals surface area contributed by atoms with E-state index < -0.39 is 6.10 Å². The van der Waals surface area contributed by atoms with E-state index in [2.05, 4.69) is 12.7 Å². The number of hydrogen-bond acceptors (Lipinski definition) is 4. The van der Waals surface area contributed by atoms with Crippen molar-refractivity contribution in [1.82, 2.24) is 0 Å². The molecule has 0 saturated carbocycles. The predicted octanol–water partition coefficient (Wildman–Crippen LogP) is 3.09. The smallest absolute Gasteiger partial charge is 0.334 e. The molecule has 4 heteroatoms. The fourth-order valence-corrected chi connectivity index (χ4v) is 2.94. The summed E-state index contributed by atoms with van der Waals surface area (Å²) in [6.07, 6.45) is 5.81. The lowest BCUT2D eigenvalue weighted by atomic mass is 9.85. The number of carbonyl (C=O) groups excluding carboxylic acids is 2. The zero-order chi connectivity index (χ0) is 15.6. The van der Waals surface area contributed by atoms with Crippen molar-refractivity contribution in [2.24, 2.45) is 5.92 Å². The number of fused-ring (bicyclic) bond motifs is 1. The summed E-state index contributed by atoms with van der Waals surface area (Å²) in [4.78, 5) is 23.2. The second-order valence-corrected chi connectivity index (χ2v) is 5.88. The van der Waals surface area contributed by atoms with Gasteiger partial charge in [-0.1, -0.05) is 23.8 Å². The minimum Gasteiger partial charge on any atom is -0.458 e. The Bertz CT molecular complexity index is 527. The number of ether oxygens (including phenoxy) is 2. The Hall–Kier alpha value is -1.84. The summed E-state index contributed by atoms with van der Waals surface area (Å²) >= 11 is 0. The van der Waals surface area contributed by atoms with Crippen molar-refractivity contribution in [3.63, 3.8) is 0 Å². The van der Waals surface area contributed by atoms with E-state index in [4.69, 9.17) is 9.47 Å². The van der Waals surface area contributed by atoms with Crippen LogP contribution in [-0.4, -0.2) is 24.1 Å². The topological polar surface area (TPSA) is 52.6 Å². The third kappa shape index (κ3) is 3.63. The average Bonchev–Trinajstić information content (AvgIpc) is 2.62. The normalized spacial score (nSPS) is 34.9. The molecule has 0 N–H and O–H groups in total. The molecule has 0 radical (unpaired) electrons. The molecule has 0 aromatic rings. The molecule has 1 saturated heterocycles. The molecule has 114 valence electrons. The largest absolute Gasteiger partial charge is 0.458 e. The number of hydrogen-bond donors (Lipinski definition) is 0. The quantitative estimate of drug-likeness (QED) is 0.423. The van der Waals surface area contributed by atoms with Crippen LogP contribution in [-0.2, 0) is 19.1 Å². The standard InChI is InChI=1S/C17H22O4/c1-10-6-5-7-11(2)9-15-16(12(3)17(19)21-15)14(8-10)20-13(4)18/h7-8,14-16H,3,5-6,9H2,1-2,4H3/b10-8+,11-7+/t14-,15?,16?/m0/s1. The summed E-state index contributed by atoms with van der Waals surface area (Å²) in [6.45, 7) is 9.26. The van der Waals surface area contributed by atoms with Gasteiger partial charge < -0.3 is 9.47 Å². The number of esters is 2. The second kappa shape index (κ2) is 6.29. The van der Waals surface area contributed by atoms with Crippen LogP contribution in [0.15, 0.2) is 35.5 Å². The molecule has 4 nitrogen and oxygen atoms in total. The van der Waals surface area contributed by atoms with E-state index in [1.165, 1.54) is 12.5 Å². The Balaban J connectivity index is 2.39. The molecule has 0 aromatic carbocycles. The van der Waals surface area contributed by atoms with Crippen molar-refractivity contribution < 1.29 is 19.1 Å². The summed E-state index contributed by atoms with van der Waals surface area (Å²) in [5, 5.41) is 0. The Morgan fingerprint density at radius 3 is 2.76 bits per heavy atom. The molecule has 1 fully saturated rings. The highest BCUT2D eigenvalue weighted by atomic mass is 16.6. The van der Waals surface area contributed by atoms with Gasteiger partial charge in [-0.05, 0) is 32.8 Å². The Morgan fingerprint density at radius 1 is 1.38 bits per heavy atom. The highest BCUT2D eigenvalue weighted by Crippen LogP contribution is 2.36. The molecular formula is C17H22O4. The Morgan fingerprint density at radius 2 is 2.10 bits per heavy atom. The van der Waals surface area contributed by atoms with Gasteiger partial charge in [-0.2, -0.15) is 0 Å². The van der Waals surface area contributed by atoms with E-state index in [9.17, 15) is 9.59 Å². The lowest BCUT2D eigenvalue weighted by Crippen LogP contribution is -2.32. The molecular weight excluding hydrogens is 268 g/mol. The van der Waals surface area contributed by atoms with Crippen LogP contribution >= 0.6 is 0 Å². The van der Waals surface area contributed by atoms with E-state index >= 15 is 0 Å². The monoisotopic (exact) mass is 290 g/mol. The Kier molecular flexibility index (Phi) is 4.66. The molecule has 1 heterocycles. The minimum atomic E-state index is -0.489. The van der Waals surface area contributed by atoms with Crippen molar-refractivity contribution in [3.05, 3.63) is 35.5 Å². The van der Waals surface area contributed by atoms with E-state index in [-0.39, 0.29) is 24.0 Å². The SMILES string of the molecule is C=C1C(=O)OC2C/C(C)=C/CC/C(C)=C/[C@H](OC(C)=O)C12. The molecule has 1 aliphatic carbocycles. The summed E-state index contributed by atoms with van der Waals surface area (Å²) < 4.78 is 10.9. The predicted molar refractivity (Wildman–Crippen MR) is 79.4 cm³/mol. The van der Waals surface area contributed by atoms with Crippen LogP contribution in [0.2, 0.25) is 0 Å². The molecule has 2 aliphatic rings. The van der Waals surface area contributed by atoms with Gasteiger partial charge in [-0.15, -0.1) is 0 Å². The van der Waals surface area contributed by atoms with Gasteiger partial charge in [0.05, 0.1) is 5.92 Å². The third-order valence-electron chi connectivity index (χ3n) is 3.98. The first-order chi connectivity index (χ1) is 9.88. The van der Waals surface area contributed by atoms with Gasteiger partial charge >= 0.3 is 11.9 Å². The molecule has 21 heavy (non-hydrogen) atoms. The lowest BCUT2D eigenvalue weighted by Gasteiger charge is -2.26. The van der Waals surface area contributed by atoms with E-state index in [0.717, 1.165) is 18.4 Å². The molecule has 0 amide bonds. The first kappa shape index (κ1) is 15.5. The van der Waals surface area contributed by atoms with Crippen LogP contribution in [0.5, 0.6) is 0 Å². The summed E-state index contributed by atoms with van der Waals surface area (Å²) in [5.41, 5.74) is 2.71. The molecule has 3 atom stereocenters. The van der Waals surface area contributed by atoms with E-state index in [1.54, 1.807) is 0 Å². The molecule has 0 spiro atoms. The average molecular weight is 290 g/mol. The van der Waals surface area contributed by atoms with Crippen LogP contribution in [0.25, 0.3) is 0 Å². The molecule has 0 bridgehead atoms. The molecule has 0 aromatic heterocycles. The first-order valence-corrected chi connectivity index (χ1v) is 7.28. The van der Waals surface area contributed by atoms with Crippen LogP contribution in [0.4, 0.5) is 0 Å². The summed E-state index contributed by atoms with van der Waals surface area (Å²) in [6, 6.07) is 0. The highest BCUT2D eigenvalue weighted by molar-refractivity contribution is 5.91. The fourth-order valence-electron chi connectivity index (χ4n) is 2.94. The van der Waals surface area contributed by atoms with Gasteiger partial charge in [-0.3, -0.25) is 4.79 Å². The van der Waals surface area contributed by atoms with Crippen molar-refractivity contribution >= 4 is 11.9 Å². The van der Waals surface area contributed by atoms with Crippen LogP contribution < -0.4 is 0 Å². The van der Waals surface area contributed by atoms with E-state index in [0.29, 0.717) is 12.0 Å². The maximum atomic E-state index is 11.9. The van der Waals surface area contributed by atoms with Crippen molar-refractivity contribution in [2.75, 3.05) is 0 Å². The Labute approximate surface area is 125 Å². The van der Waals surface area contributed by atoms with Crippen molar-refractivity contribution in [3.8, 4) is 0 Å². The summed E-state index contributed by atoms with van der Waals surface area (Å²) in [7, 11) is 0. The molecule has 2 rings (SSSR count). The zero-order valence-corrected chi connectivity index (χ0v) is 12.8. The van der Waals surface area contributed by atoms with Crippen molar-refractivity contribution in [1.29, 1.82) is 0 Å². The zero-order valence-electron chi connectivity index (χ0n) is 12.8. The molecule has 1 aliphatic heterocycles.